The summed E-state index contributed by atoms with van der Waals surface area (Å²) < 4.78 is 6.85. The van der Waals surface area contributed by atoms with E-state index in [0.29, 0.717) is 27.4 Å². The van der Waals surface area contributed by atoms with Gasteiger partial charge in [0.1, 0.15) is 21.8 Å². The molecule has 0 unspecified atom stereocenters. The van der Waals surface area contributed by atoms with Gasteiger partial charge in [0.15, 0.2) is 0 Å². The zero-order valence-electron chi connectivity index (χ0n) is 10.8. The Morgan fingerprint density at radius 3 is 2.90 bits per heavy atom. The predicted octanol–water partition coefficient (Wildman–Crippen LogP) is 4.09. The molecule has 1 N–H and O–H groups in total. The highest BCUT2D eigenvalue weighted by Gasteiger charge is 2.19. The van der Waals surface area contributed by atoms with E-state index in [1.54, 1.807) is 6.92 Å². The molecule has 2 aromatic heterocycles. The molecule has 0 bridgehead atoms. The molecule has 3 aromatic rings. The van der Waals surface area contributed by atoms with Gasteiger partial charge in [-0.1, -0.05) is 6.07 Å². The highest BCUT2D eigenvalue weighted by Crippen LogP contribution is 2.36. The number of fused-ring (bicyclic) bond motifs is 1. The van der Waals surface area contributed by atoms with E-state index >= 15 is 0 Å². The van der Waals surface area contributed by atoms with Gasteiger partial charge in [0.2, 0.25) is 5.88 Å². The van der Waals surface area contributed by atoms with Gasteiger partial charge >= 0.3 is 5.97 Å². The van der Waals surface area contributed by atoms with E-state index < -0.39 is 5.97 Å². The van der Waals surface area contributed by atoms with Crippen LogP contribution in [-0.4, -0.2) is 21.0 Å². The zero-order valence-corrected chi connectivity index (χ0v) is 13.8. The van der Waals surface area contributed by atoms with Crippen molar-refractivity contribution >= 4 is 50.1 Å². The Morgan fingerprint density at radius 1 is 1.38 bits per heavy atom. The molecule has 0 atom stereocenters. The second-order valence-electron chi connectivity index (χ2n) is 4.28. The lowest BCUT2D eigenvalue weighted by Gasteiger charge is -2.06. The van der Waals surface area contributed by atoms with E-state index in [1.165, 1.54) is 6.33 Å². The molecule has 0 saturated heterocycles. The summed E-state index contributed by atoms with van der Waals surface area (Å²) in [5, 5.41) is 9.86. The smallest absolute Gasteiger partial charge is 0.346 e. The first kappa shape index (κ1) is 14.2. The minimum atomic E-state index is -0.962. The van der Waals surface area contributed by atoms with Crippen molar-refractivity contribution in [2.75, 3.05) is 0 Å². The Kier molecular flexibility index (Phi) is 3.77. The molecule has 3 rings (SSSR count). The topological polar surface area (TPSA) is 72.3 Å². The lowest BCUT2D eigenvalue weighted by atomic mass is 10.2. The van der Waals surface area contributed by atoms with Crippen LogP contribution in [-0.2, 0) is 0 Å². The van der Waals surface area contributed by atoms with Crippen LogP contribution in [0.4, 0.5) is 0 Å². The van der Waals surface area contributed by atoms with E-state index in [-0.39, 0.29) is 4.88 Å². The number of nitrogens with zero attached hydrogens (tertiary/aromatic N) is 2. The van der Waals surface area contributed by atoms with Crippen LogP contribution in [0.1, 0.15) is 15.2 Å². The highest BCUT2D eigenvalue weighted by molar-refractivity contribution is 14.1. The molecule has 0 fully saturated rings. The van der Waals surface area contributed by atoms with Crippen molar-refractivity contribution in [1.82, 2.24) is 9.97 Å². The standard InChI is InChI=1S/C14H9IN2O3S/c1-7-10-12(20-9-4-2-3-8(15)5-9)16-6-17-13(10)21-11(7)14(18)19/h2-6H,1H3,(H,18,19). The molecule has 106 valence electrons. The quantitative estimate of drug-likeness (QED) is 0.656. The summed E-state index contributed by atoms with van der Waals surface area (Å²) in [5.41, 5.74) is 0.628. The number of aromatic nitrogens is 2. The molecule has 2 heterocycles. The molecule has 0 aliphatic rings. The fourth-order valence-corrected chi connectivity index (χ4v) is 3.46. The average Bonchev–Trinajstić information content (AvgIpc) is 2.77. The van der Waals surface area contributed by atoms with E-state index in [2.05, 4.69) is 32.6 Å². The van der Waals surface area contributed by atoms with Gasteiger partial charge in [-0.3, -0.25) is 0 Å². The summed E-state index contributed by atoms with van der Waals surface area (Å²) in [7, 11) is 0. The number of rotatable bonds is 3. The van der Waals surface area contributed by atoms with Gasteiger partial charge in [0.25, 0.3) is 0 Å². The fourth-order valence-electron chi connectivity index (χ4n) is 1.96. The molecule has 0 saturated carbocycles. The Balaban J connectivity index is 2.12. The van der Waals surface area contributed by atoms with Gasteiger partial charge < -0.3 is 9.84 Å². The number of hydrogen-bond acceptors (Lipinski definition) is 5. The minimum absolute atomic E-state index is 0.262. The largest absolute Gasteiger partial charge is 0.477 e. The summed E-state index contributed by atoms with van der Waals surface area (Å²) >= 11 is 3.32. The monoisotopic (exact) mass is 412 g/mol. The molecule has 0 aliphatic carbocycles. The Hall–Kier alpha value is -1.74. The van der Waals surface area contributed by atoms with E-state index in [0.717, 1.165) is 14.9 Å². The van der Waals surface area contributed by atoms with Crippen molar-refractivity contribution in [3.63, 3.8) is 0 Å². The van der Waals surface area contributed by atoms with Gasteiger partial charge in [-0.05, 0) is 53.3 Å². The third kappa shape index (κ3) is 2.70. The first-order chi connectivity index (χ1) is 10.1. The number of carbonyl (C=O) groups is 1. The van der Waals surface area contributed by atoms with Gasteiger partial charge in [0.05, 0.1) is 5.39 Å². The van der Waals surface area contributed by atoms with Crippen molar-refractivity contribution in [2.45, 2.75) is 6.92 Å². The Labute approximate surface area is 137 Å². The third-order valence-electron chi connectivity index (χ3n) is 2.90. The van der Waals surface area contributed by atoms with Crippen LogP contribution in [0.25, 0.3) is 10.2 Å². The number of carboxylic acid groups (broad SMARTS) is 1. The summed E-state index contributed by atoms with van der Waals surface area (Å²) in [5.74, 6) is 0.0725. The van der Waals surface area contributed by atoms with Crippen LogP contribution in [0, 0.1) is 10.5 Å². The van der Waals surface area contributed by atoms with Gasteiger partial charge in [-0.15, -0.1) is 11.3 Å². The Morgan fingerprint density at radius 2 is 2.19 bits per heavy atom. The molecular formula is C14H9IN2O3S. The SMILES string of the molecule is Cc1c(C(=O)O)sc2ncnc(Oc3cccc(I)c3)c12. The number of thiophene rings is 1. The number of aryl methyl sites for hydroxylation is 1. The first-order valence-electron chi connectivity index (χ1n) is 5.97. The van der Waals surface area contributed by atoms with Crippen LogP contribution in [0.5, 0.6) is 11.6 Å². The number of carboxylic acids is 1. The van der Waals surface area contributed by atoms with Gasteiger partial charge in [0, 0.05) is 3.57 Å². The minimum Gasteiger partial charge on any atom is -0.477 e. The van der Waals surface area contributed by atoms with Crippen LogP contribution in [0.15, 0.2) is 30.6 Å². The maximum Gasteiger partial charge on any atom is 0.346 e. The predicted molar refractivity (Wildman–Crippen MR) is 88.3 cm³/mol. The van der Waals surface area contributed by atoms with Crippen LogP contribution >= 0.6 is 33.9 Å². The van der Waals surface area contributed by atoms with E-state index in [1.807, 2.05) is 24.3 Å². The van der Waals surface area contributed by atoms with Gasteiger partial charge in [-0.25, -0.2) is 14.8 Å². The third-order valence-corrected chi connectivity index (χ3v) is 4.76. The van der Waals surface area contributed by atoms with E-state index in [4.69, 9.17) is 4.74 Å². The maximum absolute atomic E-state index is 11.2. The molecule has 0 spiro atoms. The number of ether oxygens (including phenoxy) is 1. The molecule has 7 heteroatoms. The maximum atomic E-state index is 11.2. The average molecular weight is 412 g/mol. The number of aromatic carboxylic acids is 1. The van der Waals surface area contributed by atoms with E-state index in [9.17, 15) is 9.90 Å². The molecule has 1 aromatic carbocycles. The first-order valence-corrected chi connectivity index (χ1v) is 7.86. The second kappa shape index (κ2) is 5.57. The van der Waals surface area contributed by atoms with Crippen LogP contribution in [0.2, 0.25) is 0 Å². The summed E-state index contributed by atoms with van der Waals surface area (Å²) in [4.78, 5) is 20.4. The molecule has 0 amide bonds. The van der Waals surface area contributed by atoms with Gasteiger partial charge in [-0.2, -0.15) is 0 Å². The normalized spacial score (nSPS) is 10.8. The van der Waals surface area contributed by atoms with Crippen LogP contribution in [0.3, 0.4) is 0 Å². The number of halogens is 1. The summed E-state index contributed by atoms with van der Waals surface area (Å²) in [6, 6.07) is 7.56. The lowest BCUT2D eigenvalue weighted by molar-refractivity contribution is 0.0701. The Bertz CT molecular complexity index is 847. The molecule has 5 nitrogen and oxygen atoms in total. The summed E-state index contributed by atoms with van der Waals surface area (Å²) in [6.07, 6.45) is 1.38. The number of benzene rings is 1. The van der Waals surface area contributed by atoms with Crippen molar-refractivity contribution in [1.29, 1.82) is 0 Å². The lowest BCUT2D eigenvalue weighted by Crippen LogP contribution is -1.95. The molecular weight excluding hydrogens is 403 g/mol. The zero-order chi connectivity index (χ0) is 15.0. The van der Waals surface area contributed by atoms with Crippen LogP contribution < -0.4 is 4.74 Å². The molecule has 0 aliphatic heterocycles. The highest BCUT2D eigenvalue weighted by atomic mass is 127. The molecule has 0 radical (unpaired) electrons. The second-order valence-corrected chi connectivity index (χ2v) is 6.52. The molecule has 21 heavy (non-hydrogen) atoms. The van der Waals surface area contributed by atoms with Crippen molar-refractivity contribution in [2.24, 2.45) is 0 Å². The van der Waals surface area contributed by atoms with Crippen molar-refractivity contribution in [3.05, 3.63) is 44.6 Å². The van der Waals surface area contributed by atoms with Crippen molar-refractivity contribution in [3.8, 4) is 11.6 Å². The fraction of sp³-hybridized carbons (Fsp3) is 0.0714. The number of hydrogen-bond donors (Lipinski definition) is 1. The van der Waals surface area contributed by atoms with Crippen molar-refractivity contribution < 1.29 is 14.6 Å². The summed E-state index contributed by atoms with van der Waals surface area (Å²) in [6.45, 7) is 1.74.